The van der Waals surface area contributed by atoms with E-state index < -0.39 is 11.3 Å². The number of nitrogens with zero attached hydrogens (tertiary/aromatic N) is 1. The first kappa shape index (κ1) is 16.9. The molecule has 0 radical (unpaired) electrons. The number of hydrogen-bond donors (Lipinski definition) is 1. The summed E-state index contributed by atoms with van der Waals surface area (Å²) in [5.41, 5.74) is 0.915. The van der Waals surface area contributed by atoms with Crippen LogP contribution in [0, 0.1) is 10.1 Å². The number of halogens is 4. The van der Waals surface area contributed by atoms with Crippen molar-refractivity contribution in [2.45, 2.75) is 12.9 Å². The quantitative estimate of drug-likeness (QED) is 0.626. The zero-order valence-electron chi connectivity index (χ0n) is 11.4. The minimum Gasteiger partial charge on any atom is -0.406 e. The third-order valence-electron chi connectivity index (χ3n) is 2.81. The minimum absolute atomic E-state index is 0.0971. The summed E-state index contributed by atoms with van der Waals surface area (Å²) >= 11 is 5.96. The molecule has 23 heavy (non-hydrogen) atoms. The zero-order valence-corrected chi connectivity index (χ0v) is 12.2. The number of anilines is 1. The molecule has 0 fully saturated rings. The molecular formula is C14H10ClF3N2O3. The molecular weight excluding hydrogens is 337 g/mol. The van der Waals surface area contributed by atoms with E-state index in [1.165, 1.54) is 30.3 Å². The smallest absolute Gasteiger partial charge is 0.406 e. The zero-order chi connectivity index (χ0) is 17.0. The lowest BCUT2D eigenvalue weighted by Crippen LogP contribution is -2.17. The molecule has 0 bridgehead atoms. The van der Waals surface area contributed by atoms with Crippen LogP contribution in [0.5, 0.6) is 5.75 Å². The van der Waals surface area contributed by atoms with Crippen LogP contribution in [0.3, 0.4) is 0 Å². The van der Waals surface area contributed by atoms with Gasteiger partial charge in [0.05, 0.1) is 4.92 Å². The van der Waals surface area contributed by atoms with Crippen LogP contribution in [0.4, 0.5) is 24.5 Å². The summed E-state index contributed by atoms with van der Waals surface area (Å²) < 4.78 is 39.9. The normalized spacial score (nSPS) is 11.1. The van der Waals surface area contributed by atoms with Crippen LogP contribution in [0.25, 0.3) is 0 Å². The molecule has 0 amide bonds. The van der Waals surface area contributed by atoms with E-state index in [2.05, 4.69) is 10.1 Å². The molecule has 0 atom stereocenters. The molecule has 2 rings (SSSR count). The van der Waals surface area contributed by atoms with E-state index in [4.69, 9.17) is 11.6 Å². The predicted molar refractivity (Wildman–Crippen MR) is 78.6 cm³/mol. The molecule has 0 heterocycles. The topological polar surface area (TPSA) is 64.4 Å². The van der Waals surface area contributed by atoms with Crippen LogP contribution in [-0.4, -0.2) is 11.3 Å². The second-order valence-electron chi connectivity index (χ2n) is 4.46. The molecule has 0 aliphatic carbocycles. The summed E-state index contributed by atoms with van der Waals surface area (Å²) in [4.78, 5) is 10.2. The Morgan fingerprint density at radius 3 is 2.39 bits per heavy atom. The number of hydrogen-bond acceptors (Lipinski definition) is 4. The molecule has 9 heteroatoms. The van der Waals surface area contributed by atoms with Gasteiger partial charge in [-0.25, -0.2) is 0 Å². The van der Waals surface area contributed by atoms with Gasteiger partial charge in [0.1, 0.15) is 5.75 Å². The summed E-state index contributed by atoms with van der Waals surface area (Å²) in [7, 11) is 0. The van der Waals surface area contributed by atoms with Crippen molar-refractivity contribution in [2.75, 3.05) is 5.32 Å². The van der Waals surface area contributed by atoms with Gasteiger partial charge < -0.3 is 10.1 Å². The molecule has 0 unspecified atom stereocenters. The van der Waals surface area contributed by atoms with Crippen molar-refractivity contribution in [3.8, 4) is 5.75 Å². The Kier molecular flexibility index (Phi) is 4.95. The monoisotopic (exact) mass is 346 g/mol. The number of nitrogens with one attached hydrogen (secondary N) is 1. The highest BCUT2D eigenvalue weighted by Gasteiger charge is 2.30. The van der Waals surface area contributed by atoms with Gasteiger partial charge >= 0.3 is 6.36 Å². The van der Waals surface area contributed by atoms with Gasteiger partial charge in [0.25, 0.3) is 5.69 Å². The van der Waals surface area contributed by atoms with E-state index in [-0.39, 0.29) is 18.0 Å². The maximum Gasteiger partial charge on any atom is 0.573 e. The highest BCUT2D eigenvalue weighted by molar-refractivity contribution is 6.31. The summed E-state index contributed by atoms with van der Waals surface area (Å²) in [6.45, 7) is 0.181. The predicted octanol–water partition coefficient (Wildman–Crippen LogP) is 4.76. The SMILES string of the molecule is O=[N+]([O-])c1ccc(Cl)c(CNc2ccc(OC(F)(F)F)cc2)c1. The van der Waals surface area contributed by atoms with Crippen LogP contribution >= 0.6 is 11.6 Å². The summed E-state index contributed by atoms with van der Waals surface area (Å²) in [6, 6.07) is 9.14. The fourth-order valence-corrected chi connectivity index (χ4v) is 1.97. The molecule has 0 saturated carbocycles. The van der Waals surface area contributed by atoms with Gasteiger partial charge in [0, 0.05) is 29.4 Å². The van der Waals surface area contributed by atoms with E-state index in [1.807, 2.05) is 0 Å². The number of nitro groups is 1. The molecule has 2 aromatic carbocycles. The third kappa shape index (κ3) is 5.03. The van der Waals surface area contributed by atoms with Crippen LogP contribution in [-0.2, 0) is 6.54 Å². The lowest BCUT2D eigenvalue weighted by Gasteiger charge is -2.11. The first-order valence-electron chi connectivity index (χ1n) is 6.27. The molecule has 122 valence electrons. The summed E-state index contributed by atoms with van der Waals surface area (Å²) in [5.74, 6) is -0.337. The van der Waals surface area contributed by atoms with Gasteiger partial charge in [0.15, 0.2) is 0 Å². The van der Waals surface area contributed by atoms with Gasteiger partial charge in [-0.1, -0.05) is 11.6 Å². The fourth-order valence-electron chi connectivity index (χ4n) is 1.78. The minimum atomic E-state index is -4.74. The van der Waals surface area contributed by atoms with E-state index in [9.17, 15) is 23.3 Å². The fraction of sp³-hybridized carbons (Fsp3) is 0.143. The summed E-state index contributed by atoms with van der Waals surface area (Å²) in [5, 5.41) is 14.0. The average Bonchev–Trinajstić information content (AvgIpc) is 2.46. The first-order chi connectivity index (χ1) is 10.7. The second kappa shape index (κ2) is 6.74. The second-order valence-corrected chi connectivity index (χ2v) is 4.87. The van der Waals surface area contributed by atoms with E-state index in [0.717, 1.165) is 12.1 Å². The van der Waals surface area contributed by atoms with Crippen molar-refractivity contribution in [2.24, 2.45) is 0 Å². The molecule has 0 aromatic heterocycles. The van der Waals surface area contributed by atoms with Crippen molar-refractivity contribution in [1.82, 2.24) is 0 Å². The Balaban J connectivity index is 2.04. The molecule has 0 aliphatic rings. The largest absolute Gasteiger partial charge is 0.573 e. The number of non-ortho nitro benzene ring substituents is 1. The molecule has 5 nitrogen and oxygen atoms in total. The van der Waals surface area contributed by atoms with E-state index in [0.29, 0.717) is 16.3 Å². The first-order valence-corrected chi connectivity index (χ1v) is 6.65. The maximum atomic E-state index is 12.1. The maximum absolute atomic E-state index is 12.1. The highest BCUT2D eigenvalue weighted by Crippen LogP contribution is 2.25. The van der Waals surface area contributed by atoms with Gasteiger partial charge in [-0.15, -0.1) is 13.2 Å². The van der Waals surface area contributed by atoms with Gasteiger partial charge in [0.2, 0.25) is 0 Å². The molecule has 0 aliphatic heterocycles. The van der Waals surface area contributed by atoms with Crippen LogP contribution in [0.15, 0.2) is 42.5 Å². The van der Waals surface area contributed by atoms with Crippen LogP contribution in [0.1, 0.15) is 5.56 Å². The molecule has 1 N–H and O–H groups in total. The number of ether oxygens (including phenoxy) is 1. The van der Waals surface area contributed by atoms with Crippen LogP contribution < -0.4 is 10.1 Å². The highest BCUT2D eigenvalue weighted by atomic mass is 35.5. The van der Waals surface area contributed by atoms with E-state index >= 15 is 0 Å². The molecule has 0 saturated heterocycles. The number of rotatable bonds is 5. The lowest BCUT2D eigenvalue weighted by atomic mass is 10.2. The standard InChI is InChI=1S/C14H10ClF3N2O3/c15-13-6-3-11(20(21)22)7-9(13)8-19-10-1-4-12(5-2-10)23-14(16,17)18/h1-7,19H,8H2. The summed E-state index contributed by atoms with van der Waals surface area (Å²) in [6.07, 6.45) is -4.74. The lowest BCUT2D eigenvalue weighted by molar-refractivity contribution is -0.384. The van der Waals surface area contributed by atoms with Crippen molar-refractivity contribution >= 4 is 23.0 Å². The third-order valence-corrected chi connectivity index (χ3v) is 3.18. The van der Waals surface area contributed by atoms with Gasteiger partial charge in [-0.2, -0.15) is 0 Å². The molecule has 0 spiro atoms. The average molecular weight is 347 g/mol. The number of nitro benzene ring substituents is 1. The van der Waals surface area contributed by atoms with Gasteiger partial charge in [-0.05, 0) is 35.9 Å². The van der Waals surface area contributed by atoms with Crippen LogP contribution in [0.2, 0.25) is 5.02 Å². The Morgan fingerprint density at radius 1 is 1.17 bits per heavy atom. The van der Waals surface area contributed by atoms with Crippen molar-refractivity contribution < 1.29 is 22.8 Å². The molecule has 2 aromatic rings. The van der Waals surface area contributed by atoms with Crippen molar-refractivity contribution in [3.63, 3.8) is 0 Å². The Morgan fingerprint density at radius 2 is 1.83 bits per heavy atom. The Hall–Kier alpha value is -2.48. The van der Waals surface area contributed by atoms with Crippen molar-refractivity contribution in [1.29, 1.82) is 0 Å². The Labute approximate surface area is 133 Å². The Bertz CT molecular complexity index is 705. The van der Waals surface area contributed by atoms with Crippen molar-refractivity contribution in [3.05, 3.63) is 63.2 Å². The van der Waals surface area contributed by atoms with Gasteiger partial charge in [-0.3, -0.25) is 10.1 Å². The number of benzene rings is 2. The number of alkyl halides is 3. The van der Waals surface area contributed by atoms with E-state index in [1.54, 1.807) is 0 Å².